The number of hydrogen-bond acceptors (Lipinski definition) is 4. The van der Waals surface area contributed by atoms with Crippen molar-refractivity contribution in [2.24, 2.45) is 0 Å². The molecule has 2 aromatic rings. The van der Waals surface area contributed by atoms with E-state index < -0.39 is 0 Å². The van der Waals surface area contributed by atoms with Gasteiger partial charge in [0.1, 0.15) is 0 Å². The number of nitrogens with zero attached hydrogens (tertiary/aromatic N) is 2. The summed E-state index contributed by atoms with van der Waals surface area (Å²) in [4.78, 5) is 29.5. The first kappa shape index (κ1) is 17.7. The Hall–Kier alpha value is -2.12. The summed E-state index contributed by atoms with van der Waals surface area (Å²) in [5, 5.41) is 3.06. The highest BCUT2D eigenvalue weighted by Crippen LogP contribution is 2.16. The second-order valence-electron chi connectivity index (χ2n) is 6.84. The van der Waals surface area contributed by atoms with E-state index in [-0.39, 0.29) is 30.2 Å². The summed E-state index contributed by atoms with van der Waals surface area (Å²) in [6, 6.07) is 7.90. The predicted molar refractivity (Wildman–Crippen MR) is 96.6 cm³/mol. The average molecular weight is 346 g/mol. The van der Waals surface area contributed by atoms with Crippen LogP contribution < -0.4 is 11.0 Å². The van der Waals surface area contributed by atoms with Crippen molar-refractivity contribution in [3.63, 3.8) is 0 Å². The van der Waals surface area contributed by atoms with Crippen molar-refractivity contribution in [1.82, 2.24) is 19.8 Å². The molecular formula is C18H26N4O3. The zero-order chi connectivity index (χ0) is 18.0. The molecule has 0 unspecified atom stereocenters. The molecule has 3 rings (SSSR count). The van der Waals surface area contributed by atoms with Gasteiger partial charge in [0.2, 0.25) is 5.91 Å². The Bertz CT molecular complexity index is 795. The number of para-hydroxylation sites is 2. The molecule has 0 spiro atoms. The lowest BCUT2D eigenvalue weighted by Gasteiger charge is -2.20. The second kappa shape index (κ2) is 7.41. The maximum Gasteiger partial charge on any atom is 0.326 e. The highest BCUT2D eigenvalue weighted by molar-refractivity contribution is 5.77. The van der Waals surface area contributed by atoms with Crippen LogP contribution in [0.3, 0.4) is 0 Å². The zero-order valence-corrected chi connectivity index (χ0v) is 15.0. The summed E-state index contributed by atoms with van der Waals surface area (Å²) >= 11 is 0. The molecule has 0 radical (unpaired) electrons. The fraction of sp³-hybridized carbons (Fsp3) is 0.556. The summed E-state index contributed by atoms with van der Waals surface area (Å²) < 4.78 is 7.12. The number of carbonyl (C=O) groups is 1. The van der Waals surface area contributed by atoms with Crippen LogP contribution in [0.5, 0.6) is 0 Å². The molecule has 2 N–H and O–H groups in total. The molecule has 7 nitrogen and oxygen atoms in total. The maximum atomic E-state index is 12.4. The molecule has 0 aliphatic carbocycles. The van der Waals surface area contributed by atoms with Crippen molar-refractivity contribution in [1.29, 1.82) is 0 Å². The molecule has 25 heavy (non-hydrogen) atoms. The van der Waals surface area contributed by atoms with Crippen LogP contribution in [0.4, 0.5) is 0 Å². The van der Waals surface area contributed by atoms with Crippen LogP contribution in [0.15, 0.2) is 29.1 Å². The van der Waals surface area contributed by atoms with Crippen LogP contribution in [0.1, 0.15) is 20.3 Å². The van der Waals surface area contributed by atoms with Gasteiger partial charge in [0.25, 0.3) is 0 Å². The van der Waals surface area contributed by atoms with E-state index in [1.54, 1.807) is 11.7 Å². The van der Waals surface area contributed by atoms with Gasteiger partial charge in [-0.2, -0.15) is 0 Å². The number of nitrogens with one attached hydrogen (secondary N) is 2. The summed E-state index contributed by atoms with van der Waals surface area (Å²) in [7, 11) is 1.68. The third kappa shape index (κ3) is 3.77. The SMILES string of the molecule is CO[C@H]1CN(C(C)C)C[C@@H]1NC(=O)CCn1c(=O)[nH]c2ccccc21. The third-order valence-corrected chi connectivity index (χ3v) is 4.92. The molecular weight excluding hydrogens is 320 g/mol. The normalized spacial score (nSPS) is 21.3. The van der Waals surface area contributed by atoms with E-state index in [0.717, 1.165) is 24.1 Å². The largest absolute Gasteiger partial charge is 0.378 e. The number of fused-ring (bicyclic) bond motifs is 1. The number of methoxy groups -OCH3 is 1. The van der Waals surface area contributed by atoms with Crippen LogP contribution in [-0.2, 0) is 16.1 Å². The number of ether oxygens (including phenoxy) is 1. The van der Waals surface area contributed by atoms with Gasteiger partial charge in [-0.15, -0.1) is 0 Å². The number of aromatic nitrogens is 2. The van der Waals surface area contributed by atoms with Crippen LogP contribution in [0.2, 0.25) is 0 Å². The summed E-state index contributed by atoms with van der Waals surface area (Å²) in [6.07, 6.45) is 0.262. The highest BCUT2D eigenvalue weighted by Gasteiger charge is 2.34. The molecule has 0 saturated carbocycles. The Kier molecular flexibility index (Phi) is 5.24. The number of rotatable bonds is 6. The van der Waals surface area contributed by atoms with Gasteiger partial charge in [-0.05, 0) is 26.0 Å². The Balaban J connectivity index is 1.61. The number of carbonyl (C=O) groups excluding carboxylic acids is 1. The molecule has 2 heterocycles. The van der Waals surface area contributed by atoms with Gasteiger partial charge >= 0.3 is 5.69 Å². The van der Waals surface area contributed by atoms with Gasteiger partial charge in [0, 0.05) is 39.2 Å². The average Bonchev–Trinajstić information content (AvgIpc) is 3.13. The monoisotopic (exact) mass is 346 g/mol. The molecule has 1 amide bonds. The number of benzene rings is 1. The van der Waals surface area contributed by atoms with E-state index in [1.165, 1.54) is 0 Å². The number of aromatic amines is 1. The van der Waals surface area contributed by atoms with E-state index in [4.69, 9.17) is 4.74 Å². The van der Waals surface area contributed by atoms with E-state index in [0.29, 0.717) is 12.6 Å². The molecule has 0 bridgehead atoms. The van der Waals surface area contributed by atoms with Crippen molar-refractivity contribution in [3.05, 3.63) is 34.7 Å². The van der Waals surface area contributed by atoms with Gasteiger partial charge in [-0.1, -0.05) is 12.1 Å². The van der Waals surface area contributed by atoms with Gasteiger partial charge in [-0.3, -0.25) is 14.3 Å². The topological polar surface area (TPSA) is 79.4 Å². The minimum absolute atomic E-state index is 0.00200. The number of aryl methyl sites for hydroxylation is 1. The van der Waals surface area contributed by atoms with Crippen LogP contribution in [-0.4, -0.2) is 58.7 Å². The quantitative estimate of drug-likeness (QED) is 0.816. The van der Waals surface area contributed by atoms with Crippen LogP contribution in [0.25, 0.3) is 11.0 Å². The van der Waals surface area contributed by atoms with Crippen molar-refractivity contribution >= 4 is 16.9 Å². The van der Waals surface area contributed by atoms with Gasteiger partial charge in [-0.25, -0.2) is 4.79 Å². The predicted octanol–water partition coefficient (Wildman–Crippen LogP) is 0.944. The zero-order valence-electron chi connectivity index (χ0n) is 15.0. The fourth-order valence-electron chi connectivity index (χ4n) is 3.42. The van der Waals surface area contributed by atoms with Gasteiger partial charge < -0.3 is 15.0 Å². The first-order valence-electron chi connectivity index (χ1n) is 8.73. The number of imidazole rings is 1. The summed E-state index contributed by atoms with van der Waals surface area (Å²) in [5.41, 5.74) is 1.42. The van der Waals surface area contributed by atoms with Gasteiger partial charge in [0.15, 0.2) is 0 Å². The lowest BCUT2D eigenvalue weighted by Crippen LogP contribution is -2.44. The fourth-order valence-corrected chi connectivity index (χ4v) is 3.42. The number of amides is 1. The van der Waals surface area contributed by atoms with E-state index in [9.17, 15) is 9.59 Å². The number of hydrogen-bond donors (Lipinski definition) is 2. The van der Waals surface area contributed by atoms with E-state index in [2.05, 4.69) is 29.0 Å². The minimum atomic E-state index is -0.185. The maximum absolute atomic E-state index is 12.4. The Labute approximate surface area is 147 Å². The number of H-pyrrole nitrogens is 1. The van der Waals surface area contributed by atoms with E-state index in [1.807, 2.05) is 24.3 Å². The molecule has 1 fully saturated rings. The van der Waals surface area contributed by atoms with Crippen molar-refractivity contribution in [2.75, 3.05) is 20.2 Å². The molecule has 1 saturated heterocycles. The van der Waals surface area contributed by atoms with Crippen LogP contribution in [0, 0.1) is 0 Å². The van der Waals surface area contributed by atoms with Crippen molar-refractivity contribution in [2.45, 2.75) is 45.0 Å². The molecule has 1 aliphatic heterocycles. The molecule has 7 heteroatoms. The molecule has 2 atom stereocenters. The van der Waals surface area contributed by atoms with Crippen LogP contribution >= 0.6 is 0 Å². The molecule has 1 aromatic heterocycles. The van der Waals surface area contributed by atoms with Crippen molar-refractivity contribution in [3.8, 4) is 0 Å². The Morgan fingerprint density at radius 2 is 2.12 bits per heavy atom. The first-order valence-corrected chi connectivity index (χ1v) is 8.73. The van der Waals surface area contributed by atoms with E-state index >= 15 is 0 Å². The molecule has 136 valence electrons. The first-order chi connectivity index (χ1) is 12.0. The molecule has 1 aromatic carbocycles. The van der Waals surface area contributed by atoms with Crippen molar-refractivity contribution < 1.29 is 9.53 Å². The second-order valence-corrected chi connectivity index (χ2v) is 6.84. The molecule has 1 aliphatic rings. The lowest BCUT2D eigenvalue weighted by molar-refractivity contribution is -0.122. The Morgan fingerprint density at radius 1 is 1.36 bits per heavy atom. The minimum Gasteiger partial charge on any atom is -0.378 e. The highest BCUT2D eigenvalue weighted by atomic mass is 16.5. The number of likely N-dealkylation sites (tertiary alicyclic amines) is 1. The lowest BCUT2D eigenvalue weighted by atomic mass is 10.2. The summed E-state index contributed by atoms with van der Waals surface area (Å²) in [5.74, 6) is -0.0603. The summed E-state index contributed by atoms with van der Waals surface area (Å²) in [6.45, 7) is 6.24. The van der Waals surface area contributed by atoms with Gasteiger partial charge in [0.05, 0.1) is 23.2 Å². The Morgan fingerprint density at radius 3 is 2.84 bits per heavy atom. The smallest absolute Gasteiger partial charge is 0.326 e. The third-order valence-electron chi connectivity index (χ3n) is 4.92. The standard InChI is InChI=1S/C18H26N4O3/c1-12(2)21-10-14(16(11-21)25-3)19-17(23)8-9-22-15-7-5-4-6-13(15)20-18(22)24/h4-7,12,14,16H,8-11H2,1-3H3,(H,19,23)(H,20,24)/t14-,16-/m0/s1.